The van der Waals surface area contributed by atoms with Crippen molar-refractivity contribution < 1.29 is 28.0 Å². The fourth-order valence-corrected chi connectivity index (χ4v) is 2.00. The lowest BCUT2D eigenvalue weighted by Gasteiger charge is -2.35. The fraction of sp³-hybridized carbons (Fsp3) is 0.875. The molecule has 0 aromatic heterocycles. The zero-order chi connectivity index (χ0) is 12.6. The Morgan fingerprint density at radius 2 is 2.06 bits per heavy atom. The molecule has 1 N–H and O–H groups in total. The number of carboxylic acid groups (broad SMARTS) is 1. The minimum absolute atomic E-state index is 0.00188. The molecule has 2 atom stereocenters. The molecule has 0 radical (unpaired) electrons. The lowest BCUT2D eigenvalue weighted by Crippen LogP contribution is -2.50. The highest BCUT2D eigenvalue weighted by Crippen LogP contribution is 2.49. The van der Waals surface area contributed by atoms with E-state index in [-0.39, 0.29) is 12.8 Å². The van der Waals surface area contributed by atoms with Gasteiger partial charge in [0, 0.05) is 17.8 Å². The van der Waals surface area contributed by atoms with Crippen molar-refractivity contribution in [1.82, 2.24) is 0 Å². The van der Waals surface area contributed by atoms with Gasteiger partial charge in [-0.2, -0.15) is 13.2 Å². The lowest BCUT2D eigenvalue weighted by molar-refractivity contribution is -0.532. The van der Waals surface area contributed by atoms with Crippen molar-refractivity contribution in [2.45, 2.75) is 37.9 Å². The van der Waals surface area contributed by atoms with Gasteiger partial charge >= 0.3 is 12.1 Å². The summed E-state index contributed by atoms with van der Waals surface area (Å²) in [5.41, 5.74) is -2.96. The molecule has 5 nitrogen and oxygen atoms in total. The molecular formula is C8H10F3NO4. The van der Waals surface area contributed by atoms with Gasteiger partial charge in [-0.15, -0.1) is 0 Å². The maximum atomic E-state index is 12.7. The van der Waals surface area contributed by atoms with Crippen LogP contribution in [0, 0.1) is 15.5 Å². The molecule has 1 aliphatic carbocycles. The number of nitro groups is 1. The van der Waals surface area contributed by atoms with Crippen LogP contribution in [0.1, 0.15) is 25.7 Å². The van der Waals surface area contributed by atoms with Gasteiger partial charge in [-0.05, 0) is 12.8 Å². The van der Waals surface area contributed by atoms with Crippen molar-refractivity contribution in [3.8, 4) is 0 Å². The van der Waals surface area contributed by atoms with E-state index in [9.17, 15) is 28.1 Å². The molecule has 92 valence electrons. The molecule has 1 fully saturated rings. The third-order valence-corrected chi connectivity index (χ3v) is 2.98. The highest BCUT2D eigenvalue weighted by Gasteiger charge is 2.63. The Hall–Kier alpha value is -1.34. The van der Waals surface area contributed by atoms with Crippen LogP contribution < -0.4 is 0 Å². The minimum Gasteiger partial charge on any atom is -0.481 e. The minimum atomic E-state index is -4.95. The van der Waals surface area contributed by atoms with Crippen molar-refractivity contribution in [2.24, 2.45) is 5.41 Å². The van der Waals surface area contributed by atoms with Gasteiger partial charge in [0.1, 0.15) is 0 Å². The van der Waals surface area contributed by atoms with E-state index in [4.69, 9.17) is 5.11 Å². The van der Waals surface area contributed by atoms with Gasteiger partial charge in [0.05, 0.1) is 0 Å². The molecule has 0 aromatic carbocycles. The van der Waals surface area contributed by atoms with Crippen LogP contribution in [0.15, 0.2) is 0 Å². The maximum Gasteiger partial charge on any atom is 0.405 e. The molecule has 2 unspecified atom stereocenters. The average molecular weight is 241 g/mol. The molecule has 0 heterocycles. The van der Waals surface area contributed by atoms with E-state index in [1.165, 1.54) is 0 Å². The van der Waals surface area contributed by atoms with E-state index in [1.807, 2.05) is 0 Å². The largest absolute Gasteiger partial charge is 0.481 e. The highest BCUT2D eigenvalue weighted by molar-refractivity contribution is 5.76. The lowest BCUT2D eigenvalue weighted by atomic mass is 9.71. The quantitative estimate of drug-likeness (QED) is 0.590. The average Bonchev–Trinajstić information content (AvgIpc) is 2.15. The Kier molecular flexibility index (Phi) is 3.11. The molecule has 0 aromatic rings. The summed E-state index contributed by atoms with van der Waals surface area (Å²) in [5, 5.41) is 19.1. The number of rotatable bonds is 2. The fourth-order valence-electron chi connectivity index (χ4n) is 2.00. The smallest absolute Gasteiger partial charge is 0.405 e. The second-order valence-electron chi connectivity index (χ2n) is 3.92. The molecule has 0 saturated heterocycles. The van der Waals surface area contributed by atoms with Crippen LogP contribution in [0.5, 0.6) is 0 Å². The molecule has 1 rings (SSSR count). The molecule has 8 heteroatoms. The normalized spacial score (nSPS) is 31.1. The summed E-state index contributed by atoms with van der Waals surface area (Å²) in [7, 11) is 0. The van der Waals surface area contributed by atoms with E-state index in [0.717, 1.165) is 0 Å². The summed E-state index contributed by atoms with van der Waals surface area (Å²) >= 11 is 0. The van der Waals surface area contributed by atoms with E-state index >= 15 is 0 Å². The van der Waals surface area contributed by atoms with Crippen LogP contribution in [0.25, 0.3) is 0 Å². The first kappa shape index (κ1) is 12.7. The number of hydrogen-bond acceptors (Lipinski definition) is 3. The second kappa shape index (κ2) is 3.91. The SMILES string of the molecule is O=C(O)C1(C(F)(F)F)CCCC([N+](=O)[O-])C1. The summed E-state index contributed by atoms with van der Waals surface area (Å²) in [6, 6.07) is -1.42. The molecular weight excluding hydrogens is 231 g/mol. The van der Waals surface area contributed by atoms with Gasteiger partial charge in [-0.25, -0.2) is 0 Å². The molecule has 0 aliphatic heterocycles. The first-order valence-electron chi connectivity index (χ1n) is 4.64. The van der Waals surface area contributed by atoms with Crippen LogP contribution in [0.3, 0.4) is 0 Å². The number of aliphatic carboxylic acids is 1. The predicted octanol–water partition coefficient (Wildman–Crippen LogP) is 1.84. The molecule has 1 saturated carbocycles. The van der Waals surface area contributed by atoms with E-state index < -0.39 is 41.4 Å². The first-order valence-corrected chi connectivity index (χ1v) is 4.64. The third-order valence-electron chi connectivity index (χ3n) is 2.98. The van der Waals surface area contributed by atoms with Crippen molar-refractivity contribution in [1.29, 1.82) is 0 Å². The monoisotopic (exact) mass is 241 g/mol. The Balaban J connectivity index is 3.03. The van der Waals surface area contributed by atoms with Gasteiger partial charge in [0.15, 0.2) is 5.41 Å². The molecule has 0 bridgehead atoms. The Morgan fingerprint density at radius 3 is 2.44 bits per heavy atom. The van der Waals surface area contributed by atoms with Gasteiger partial charge in [0.2, 0.25) is 6.04 Å². The van der Waals surface area contributed by atoms with Crippen molar-refractivity contribution in [3.63, 3.8) is 0 Å². The summed E-state index contributed by atoms with van der Waals surface area (Å²) in [4.78, 5) is 20.4. The van der Waals surface area contributed by atoms with Crippen LogP contribution in [0.2, 0.25) is 0 Å². The highest BCUT2D eigenvalue weighted by atomic mass is 19.4. The number of carboxylic acids is 1. The second-order valence-corrected chi connectivity index (χ2v) is 3.92. The number of halogens is 3. The first-order chi connectivity index (χ1) is 7.21. The predicted molar refractivity (Wildman–Crippen MR) is 45.4 cm³/mol. The summed E-state index contributed by atoms with van der Waals surface area (Å²) in [6.07, 6.45) is -6.61. The van der Waals surface area contributed by atoms with Gasteiger partial charge in [-0.3, -0.25) is 14.9 Å². The zero-order valence-electron chi connectivity index (χ0n) is 8.16. The summed E-state index contributed by atoms with van der Waals surface area (Å²) in [5.74, 6) is -2.02. The standard InChI is InChI=1S/C8H10F3NO4/c9-8(10,11)7(6(13)14)3-1-2-5(4-7)12(15)16/h5H,1-4H2,(H,13,14). The van der Waals surface area contributed by atoms with Crippen LogP contribution >= 0.6 is 0 Å². The number of hydrogen-bond donors (Lipinski definition) is 1. The molecule has 0 amide bonds. The topological polar surface area (TPSA) is 80.4 Å². The number of alkyl halides is 3. The van der Waals surface area contributed by atoms with Crippen molar-refractivity contribution in [3.05, 3.63) is 10.1 Å². The van der Waals surface area contributed by atoms with E-state index in [0.29, 0.717) is 0 Å². The van der Waals surface area contributed by atoms with Crippen LogP contribution in [-0.2, 0) is 4.79 Å². The number of nitrogens with zero attached hydrogens (tertiary/aromatic N) is 1. The zero-order valence-corrected chi connectivity index (χ0v) is 8.16. The summed E-state index contributed by atoms with van der Waals surface area (Å²) in [6.45, 7) is 0. The van der Waals surface area contributed by atoms with Gasteiger partial charge < -0.3 is 5.11 Å². The van der Waals surface area contributed by atoms with Crippen molar-refractivity contribution in [2.75, 3.05) is 0 Å². The van der Waals surface area contributed by atoms with Gasteiger partial charge in [-0.1, -0.05) is 0 Å². The third kappa shape index (κ3) is 1.96. The molecule has 1 aliphatic rings. The van der Waals surface area contributed by atoms with Crippen LogP contribution in [-0.4, -0.2) is 28.2 Å². The maximum absolute atomic E-state index is 12.7. The Bertz CT molecular complexity index is 317. The van der Waals surface area contributed by atoms with E-state index in [2.05, 4.69) is 0 Å². The van der Waals surface area contributed by atoms with Crippen LogP contribution in [0.4, 0.5) is 13.2 Å². The Labute approximate surface area is 88.4 Å². The summed E-state index contributed by atoms with van der Waals surface area (Å²) < 4.78 is 38.0. The van der Waals surface area contributed by atoms with Gasteiger partial charge in [0.25, 0.3) is 0 Å². The van der Waals surface area contributed by atoms with Crippen molar-refractivity contribution >= 4 is 5.97 Å². The molecule has 0 spiro atoms. The number of carbonyl (C=O) groups is 1. The van der Waals surface area contributed by atoms with E-state index in [1.54, 1.807) is 0 Å². The molecule has 16 heavy (non-hydrogen) atoms. The Morgan fingerprint density at radius 1 is 1.50 bits per heavy atom.